The van der Waals surface area contributed by atoms with Crippen LogP contribution < -0.4 is 4.90 Å². The van der Waals surface area contributed by atoms with Gasteiger partial charge in [0, 0.05) is 31.5 Å². The highest BCUT2D eigenvalue weighted by atomic mass is 16.2. The molecule has 1 amide bonds. The van der Waals surface area contributed by atoms with Crippen molar-refractivity contribution < 1.29 is 4.79 Å². The van der Waals surface area contributed by atoms with Crippen molar-refractivity contribution in [3.05, 3.63) is 54.4 Å². The molecule has 1 aromatic carbocycles. The van der Waals surface area contributed by atoms with Crippen molar-refractivity contribution in [2.45, 2.75) is 32.6 Å². The van der Waals surface area contributed by atoms with Crippen molar-refractivity contribution in [1.82, 2.24) is 9.88 Å². The van der Waals surface area contributed by atoms with Gasteiger partial charge in [-0.25, -0.2) is 0 Å². The highest BCUT2D eigenvalue weighted by molar-refractivity contribution is 5.95. The summed E-state index contributed by atoms with van der Waals surface area (Å²) in [6.07, 6.45) is 8.17. The summed E-state index contributed by atoms with van der Waals surface area (Å²) in [6, 6.07) is 12.2. The van der Waals surface area contributed by atoms with E-state index in [4.69, 9.17) is 0 Å². The van der Waals surface area contributed by atoms with Crippen molar-refractivity contribution in [3.63, 3.8) is 0 Å². The highest BCUT2D eigenvalue weighted by Crippen LogP contribution is 2.25. The molecule has 2 aromatic rings. The Labute approximate surface area is 144 Å². The van der Waals surface area contributed by atoms with E-state index in [1.54, 1.807) is 6.20 Å². The molecule has 126 valence electrons. The summed E-state index contributed by atoms with van der Waals surface area (Å²) >= 11 is 0. The summed E-state index contributed by atoms with van der Waals surface area (Å²) in [6.45, 7) is 4.65. The van der Waals surface area contributed by atoms with E-state index in [2.05, 4.69) is 28.9 Å². The fraction of sp³-hybridized carbons (Fsp3) is 0.400. The second-order valence-corrected chi connectivity index (χ2v) is 6.22. The van der Waals surface area contributed by atoms with Crippen LogP contribution >= 0.6 is 0 Å². The molecule has 1 fully saturated rings. The van der Waals surface area contributed by atoms with Crippen LogP contribution in [0.15, 0.2) is 48.8 Å². The Balaban J connectivity index is 1.84. The Bertz CT molecular complexity index is 664. The molecule has 0 spiro atoms. The molecule has 4 heteroatoms. The number of carbonyl (C=O) groups excluding carboxylic acids is 1. The first-order chi connectivity index (χ1) is 11.8. The zero-order chi connectivity index (χ0) is 16.8. The summed E-state index contributed by atoms with van der Waals surface area (Å²) in [7, 11) is 0. The molecular weight excluding hydrogens is 298 g/mol. The average molecular weight is 323 g/mol. The van der Waals surface area contributed by atoms with Gasteiger partial charge in [0.05, 0.1) is 17.4 Å². The number of likely N-dealkylation sites (tertiary alicyclic amines) is 1. The molecule has 24 heavy (non-hydrogen) atoms. The first kappa shape index (κ1) is 16.5. The zero-order valence-electron chi connectivity index (χ0n) is 14.3. The van der Waals surface area contributed by atoms with Crippen LogP contribution in [0, 0.1) is 0 Å². The van der Waals surface area contributed by atoms with Crippen molar-refractivity contribution in [2.75, 3.05) is 24.5 Å². The summed E-state index contributed by atoms with van der Waals surface area (Å²) in [4.78, 5) is 21.3. The van der Waals surface area contributed by atoms with Gasteiger partial charge in [0.2, 0.25) is 0 Å². The Hall–Kier alpha value is -2.36. The molecule has 0 bridgehead atoms. The molecule has 2 heterocycles. The molecule has 1 aromatic heterocycles. The van der Waals surface area contributed by atoms with Crippen molar-refractivity contribution in [1.29, 1.82) is 0 Å². The van der Waals surface area contributed by atoms with Gasteiger partial charge in [-0.1, -0.05) is 31.0 Å². The van der Waals surface area contributed by atoms with E-state index in [1.807, 2.05) is 35.4 Å². The lowest BCUT2D eigenvalue weighted by Crippen LogP contribution is -2.32. The van der Waals surface area contributed by atoms with Gasteiger partial charge in [0.25, 0.3) is 5.91 Å². The number of hydrogen-bond donors (Lipinski definition) is 0. The third kappa shape index (κ3) is 3.75. The monoisotopic (exact) mass is 323 g/mol. The van der Waals surface area contributed by atoms with Crippen LogP contribution in [0.3, 0.4) is 0 Å². The number of amides is 1. The predicted octanol–water partition coefficient (Wildman–Crippen LogP) is 4.26. The highest BCUT2D eigenvalue weighted by Gasteiger charge is 2.19. The van der Waals surface area contributed by atoms with Crippen molar-refractivity contribution >= 4 is 17.3 Å². The topological polar surface area (TPSA) is 36.4 Å². The third-order valence-electron chi connectivity index (χ3n) is 4.56. The SMILES string of the molecule is CCN(c1ccccc1)c1cncc(C(=O)N2CCCCCC2)c1. The van der Waals surface area contributed by atoms with Gasteiger partial charge in [0.15, 0.2) is 0 Å². The molecule has 1 saturated heterocycles. The maximum absolute atomic E-state index is 12.8. The Morgan fingerprint density at radius 2 is 1.75 bits per heavy atom. The van der Waals surface area contributed by atoms with E-state index < -0.39 is 0 Å². The first-order valence-corrected chi connectivity index (χ1v) is 8.86. The van der Waals surface area contributed by atoms with Gasteiger partial charge in [-0.15, -0.1) is 0 Å². The smallest absolute Gasteiger partial charge is 0.255 e. The largest absolute Gasteiger partial charge is 0.340 e. The number of carbonyl (C=O) groups is 1. The molecule has 0 aliphatic carbocycles. The summed E-state index contributed by atoms with van der Waals surface area (Å²) in [5, 5.41) is 0. The number of benzene rings is 1. The second kappa shape index (κ2) is 7.95. The number of pyridine rings is 1. The molecule has 0 unspecified atom stereocenters. The second-order valence-electron chi connectivity index (χ2n) is 6.22. The van der Waals surface area contributed by atoms with Crippen LogP contribution in [0.25, 0.3) is 0 Å². The lowest BCUT2D eigenvalue weighted by Gasteiger charge is -2.24. The number of nitrogens with zero attached hydrogens (tertiary/aromatic N) is 3. The molecule has 0 radical (unpaired) electrons. The van der Waals surface area contributed by atoms with Crippen LogP contribution in [-0.2, 0) is 0 Å². The van der Waals surface area contributed by atoms with Crippen molar-refractivity contribution in [2.24, 2.45) is 0 Å². The lowest BCUT2D eigenvalue weighted by molar-refractivity contribution is 0.0761. The zero-order valence-corrected chi connectivity index (χ0v) is 14.3. The van der Waals surface area contributed by atoms with Crippen molar-refractivity contribution in [3.8, 4) is 0 Å². The fourth-order valence-electron chi connectivity index (χ4n) is 3.27. The van der Waals surface area contributed by atoms with Crippen LogP contribution in [0.2, 0.25) is 0 Å². The molecular formula is C20H25N3O. The molecule has 4 nitrogen and oxygen atoms in total. The van der Waals surface area contributed by atoms with Gasteiger partial charge in [0.1, 0.15) is 0 Å². The molecule has 0 N–H and O–H groups in total. The molecule has 1 aliphatic heterocycles. The van der Waals surface area contributed by atoms with E-state index in [-0.39, 0.29) is 5.91 Å². The first-order valence-electron chi connectivity index (χ1n) is 8.86. The minimum atomic E-state index is 0.107. The average Bonchev–Trinajstić information content (AvgIpc) is 2.92. The van der Waals surface area contributed by atoms with Crippen LogP contribution in [0.1, 0.15) is 43.0 Å². The predicted molar refractivity (Wildman–Crippen MR) is 97.7 cm³/mol. The van der Waals surface area contributed by atoms with Gasteiger partial charge in [-0.2, -0.15) is 0 Å². The van der Waals surface area contributed by atoms with Crippen LogP contribution in [0.4, 0.5) is 11.4 Å². The van der Waals surface area contributed by atoms with E-state index in [1.165, 1.54) is 12.8 Å². The van der Waals surface area contributed by atoms with E-state index in [0.717, 1.165) is 43.9 Å². The van der Waals surface area contributed by atoms with E-state index in [9.17, 15) is 4.79 Å². The van der Waals surface area contributed by atoms with Gasteiger partial charge in [-0.3, -0.25) is 9.78 Å². The van der Waals surface area contributed by atoms with Crippen LogP contribution in [0.5, 0.6) is 0 Å². The Morgan fingerprint density at radius 3 is 2.42 bits per heavy atom. The van der Waals surface area contributed by atoms with Crippen LogP contribution in [-0.4, -0.2) is 35.4 Å². The number of rotatable bonds is 4. The maximum atomic E-state index is 12.8. The normalized spacial score (nSPS) is 15.0. The Morgan fingerprint density at radius 1 is 1.04 bits per heavy atom. The van der Waals surface area contributed by atoms with Gasteiger partial charge in [-0.05, 0) is 38.0 Å². The number of hydrogen-bond acceptors (Lipinski definition) is 3. The van der Waals surface area contributed by atoms with Gasteiger partial charge < -0.3 is 9.80 Å². The minimum Gasteiger partial charge on any atom is -0.340 e. The fourth-order valence-corrected chi connectivity index (χ4v) is 3.27. The minimum absolute atomic E-state index is 0.107. The number of anilines is 2. The summed E-state index contributed by atoms with van der Waals surface area (Å²) in [5.41, 5.74) is 2.76. The number of aromatic nitrogens is 1. The lowest BCUT2D eigenvalue weighted by atomic mass is 10.2. The van der Waals surface area contributed by atoms with Gasteiger partial charge >= 0.3 is 0 Å². The van der Waals surface area contributed by atoms with E-state index in [0.29, 0.717) is 5.56 Å². The maximum Gasteiger partial charge on any atom is 0.255 e. The van der Waals surface area contributed by atoms with E-state index >= 15 is 0 Å². The summed E-state index contributed by atoms with van der Waals surface area (Å²) in [5.74, 6) is 0.107. The summed E-state index contributed by atoms with van der Waals surface area (Å²) < 4.78 is 0. The molecule has 1 aliphatic rings. The number of para-hydroxylation sites is 1. The molecule has 3 rings (SSSR count). The molecule has 0 saturated carbocycles. The Kier molecular flexibility index (Phi) is 5.47. The third-order valence-corrected chi connectivity index (χ3v) is 4.56. The standard InChI is InChI=1S/C20H25N3O/c1-2-23(18-10-6-5-7-11-18)19-14-17(15-21-16-19)20(24)22-12-8-3-4-9-13-22/h5-7,10-11,14-16H,2-4,8-9,12-13H2,1H3. The molecule has 0 atom stereocenters. The quantitative estimate of drug-likeness (QED) is 0.843.